The predicted molar refractivity (Wildman–Crippen MR) is 71.0 cm³/mol. The Morgan fingerprint density at radius 1 is 1.44 bits per heavy atom. The van der Waals surface area contributed by atoms with E-state index >= 15 is 0 Å². The van der Waals surface area contributed by atoms with Crippen molar-refractivity contribution in [3.8, 4) is 5.75 Å². The van der Waals surface area contributed by atoms with E-state index in [1.165, 1.54) is 7.11 Å². The second-order valence-corrected chi connectivity index (χ2v) is 7.31. The van der Waals surface area contributed by atoms with Gasteiger partial charge in [-0.05, 0) is 37.0 Å². The third kappa shape index (κ3) is 2.79. The number of hydrogen-bond donors (Lipinski definition) is 1. The SMILES string of the molecule is COc1c(Cl)cc(CC2(N)CC2)cc1S(C)(=O)=O. The van der Waals surface area contributed by atoms with Crippen LogP contribution < -0.4 is 10.5 Å². The van der Waals surface area contributed by atoms with Gasteiger partial charge in [-0.15, -0.1) is 0 Å². The van der Waals surface area contributed by atoms with Crippen molar-refractivity contribution in [1.29, 1.82) is 0 Å². The molecule has 100 valence electrons. The number of halogens is 1. The van der Waals surface area contributed by atoms with Crippen molar-refractivity contribution in [2.24, 2.45) is 5.73 Å². The molecule has 1 fully saturated rings. The van der Waals surface area contributed by atoms with Crippen molar-refractivity contribution in [3.63, 3.8) is 0 Å². The molecule has 0 radical (unpaired) electrons. The Morgan fingerprint density at radius 2 is 2.06 bits per heavy atom. The van der Waals surface area contributed by atoms with E-state index in [-0.39, 0.29) is 16.2 Å². The van der Waals surface area contributed by atoms with Crippen LogP contribution in [0.5, 0.6) is 5.75 Å². The molecule has 0 amide bonds. The van der Waals surface area contributed by atoms with Crippen molar-refractivity contribution < 1.29 is 13.2 Å². The number of hydrogen-bond acceptors (Lipinski definition) is 4. The van der Waals surface area contributed by atoms with Crippen LogP contribution in [0.1, 0.15) is 18.4 Å². The Bertz CT molecular complexity index is 579. The minimum absolute atomic E-state index is 0.122. The summed E-state index contributed by atoms with van der Waals surface area (Å²) >= 11 is 6.06. The molecule has 0 saturated heterocycles. The number of benzene rings is 1. The molecule has 6 heteroatoms. The first-order valence-electron chi connectivity index (χ1n) is 5.60. The summed E-state index contributed by atoms with van der Waals surface area (Å²) in [7, 11) is -1.97. The van der Waals surface area contributed by atoms with E-state index in [2.05, 4.69) is 0 Å². The van der Waals surface area contributed by atoms with E-state index < -0.39 is 9.84 Å². The zero-order chi connectivity index (χ0) is 13.6. The molecule has 1 aliphatic rings. The highest BCUT2D eigenvalue weighted by Gasteiger charge is 2.38. The van der Waals surface area contributed by atoms with Gasteiger partial charge in [0.2, 0.25) is 0 Å². The summed E-state index contributed by atoms with van der Waals surface area (Å²) in [4.78, 5) is 0.122. The van der Waals surface area contributed by atoms with Crippen molar-refractivity contribution in [1.82, 2.24) is 0 Å². The van der Waals surface area contributed by atoms with Crippen LogP contribution in [-0.2, 0) is 16.3 Å². The van der Waals surface area contributed by atoms with Crippen LogP contribution in [0.25, 0.3) is 0 Å². The number of nitrogens with two attached hydrogens (primary N) is 1. The van der Waals surface area contributed by atoms with Gasteiger partial charge in [0.25, 0.3) is 0 Å². The average molecular weight is 290 g/mol. The lowest BCUT2D eigenvalue weighted by Gasteiger charge is -2.14. The smallest absolute Gasteiger partial charge is 0.179 e. The second-order valence-electron chi connectivity index (χ2n) is 4.92. The predicted octanol–water partition coefficient (Wildman–Crippen LogP) is 1.79. The van der Waals surface area contributed by atoms with Crippen LogP contribution in [0.3, 0.4) is 0 Å². The molecule has 1 saturated carbocycles. The maximum absolute atomic E-state index is 11.7. The highest BCUT2D eigenvalue weighted by Crippen LogP contribution is 2.39. The molecule has 0 heterocycles. The van der Waals surface area contributed by atoms with Gasteiger partial charge in [-0.1, -0.05) is 11.6 Å². The molecule has 0 aliphatic heterocycles. The molecule has 1 aliphatic carbocycles. The van der Waals surface area contributed by atoms with Crippen LogP contribution in [-0.4, -0.2) is 27.3 Å². The van der Waals surface area contributed by atoms with Gasteiger partial charge in [0.05, 0.1) is 12.1 Å². The highest BCUT2D eigenvalue weighted by atomic mass is 35.5. The molecular formula is C12H16ClNO3S. The van der Waals surface area contributed by atoms with E-state index in [1.807, 2.05) is 0 Å². The van der Waals surface area contributed by atoms with Gasteiger partial charge in [0.15, 0.2) is 15.6 Å². The fourth-order valence-corrected chi connectivity index (χ4v) is 3.21. The standard InChI is InChI=1S/C12H16ClNO3S/c1-17-11-9(13)5-8(7-12(14)3-4-12)6-10(11)18(2,15)16/h5-6H,3-4,7,14H2,1-2H3. The number of methoxy groups -OCH3 is 1. The zero-order valence-corrected chi connectivity index (χ0v) is 11.9. The number of sulfone groups is 1. The second kappa shape index (κ2) is 4.40. The van der Waals surface area contributed by atoms with E-state index in [0.717, 1.165) is 24.7 Å². The monoisotopic (exact) mass is 289 g/mol. The summed E-state index contributed by atoms with van der Waals surface area (Å²) in [5.74, 6) is 0.199. The fourth-order valence-electron chi connectivity index (χ4n) is 1.94. The summed E-state index contributed by atoms with van der Waals surface area (Å²) in [6.07, 6.45) is 3.70. The van der Waals surface area contributed by atoms with Gasteiger partial charge in [-0.2, -0.15) is 0 Å². The van der Waals surface area contributed by atoms with Gasteiger partial charge >= 0.3 is 0 Å². The molecule has 0 aromatic heterocycles. The van der Waals surface area contributed by atoms with Crippen LogP contribution in [0.4, 0.5) is 0 Å². The summed E-state index contributed by atoms with van der Waals surface area (Å²) in [6, 6.07) is 3.33. The lowest BCUT2D eigenvalue weighted by Crippen LogP contribution is -2.24. The molecule has 18 heavy (non-hydrogen) atoms. The fraction of sp³-hybridized carbons (Fsp3) is 0.500. The molecule has 4 nitrogen and oxygen atoms in total. The van der Waals surface area contributed by atoms with Crippen molar-refractivity contribution in [3.05, 3.63) is 22.7 Å². The first-order valence-corrected chi connectivity index (χ1v) is 7.87. The molecular weight excluding hydrogens is 274 g/mol. The van der Waals surface area contributed by atoms with Crippen LogP contribution in [0, 0.1) is 0 Å². The lowest BCUT2D eigenvalue weighted by molar-refractivity contribution is 0.402. The van der Waals surface area contributed by atoms with E-state index in [4.69, 9.17) is 22.1 Å². The van der Waals surface area contributed by atoms with E-state index in [0.29, 0.717) is 11.4 Å². The molecule has 0 spiro atoms. The van der Waals surface area contributed by atoms with Crippen LogP contribution >= 0.6 is 11.6 Å². The topological polar surface area (TPSA) is 69.4 Å². The summed E-state index contributed by atoms with van der Waals surface area (Å²) in [6.45, 7) is 0. The van der Waals surface area contributed by atoms with E-state index in [1.54, 1.807) is 12.1 Å². The minimum atomic E-state index is -3.38. The molecule has 1 aromatic carbocycles. The Labute approximate surface area is 112 Å². The third-order valence-electron chi connectivity index (χ3n) is 3.12. The minimum Gasteiger partial charge on any atom is -0.494 e. The first-order chi connectivity index (χ1) is 8.25. The van der Waals surface area contributed by atoms with Crippen molar-refractivity contribution in [2.75, 3.05) is 13.4 Å². The molecule has 2 N–H and O–H groups in total. The third-order valence-corrected chi connectivity index (χ3v) is 4.50. The van der Waals surface area contributed by atoms with Crippen LogP contribution in [0.2, 0.25) is 5.02 Å². The molecule has 1 aromatic rings. The summed E-state index contributed by atoms with van der Waals surface area (Å²) < 4.78 is 28.5. The maximum atomic E-state index is 11.7. The van der Waals surface area contributed by atoms with Crippen molar-refractivity contribution >= 4 is 21.4 Å². The summed E-state index contributed by atoms with van der Waals surface area (Å²) in [5.41, 5.74) is 6.68. The number of rotatable bonds is 4. The maximum Gasteiger partial charge on any atom is 0.179 e. The van der Waals surface area contributed by atoms with Gasteiger partial charge in [-0.25, -0.2) is 8.42 Å². The highest BCUT2D eigenvalue weighted by molar-refractivity contribution is 7.90. The molecule has 2 rings (SSSR count). The van der Waals surface area contributed by atoms with E-state index in [9.17, 15) is 8.42 Å². The van der Waals surface area contributed by atoms with Gasteiger partial charge in [0, 0.05) is 11.8 Å². The Morgan fingerprint density at radius 3 is 2.50 bits per heavy atom. The lowest BCUT2D eigenvalue weighted by atomic mass is 10.1. The van der Waals surface area contributed by atoms with Gasteiger partial charge in [-0.3, -0.25) is 0 Å². The summed E-state index contributed by atoms with van der Waals surface area (Å²) in [5, 5.41) is 0.305. The molecule has 0 atom stereocenters. The Hall–Kier alpha value is -0.780. The normalized spacial score (nSPS) is 17.6. The largest absolute Gasteiger partial charge is 0.494 e. The average Bonchev–Trinajstić information content (AvgIpc) is 2.94. The Balaban J connectivity index is 2.49. The molecule has 0 bridgehead atoms. The zero-order valence-electron chi connectivity index (χ0n) is 10.4. The molecule has 0 unspecified atom stereocenters. The van der Waals surface area contributed by atoms with Crippen molar-refractivity contribution in [2.45, 2.75) is 29.7 Å². The number of ether oxygens (including phenoxy) is 1. The van der Waals surface area contributed by atoms with Gasteiger partial charge < -0.3 is 10.5 Å². The Kier molecular flexibility index (Phi) is 3.34. The van der Waals surface area contributed by atoms with Gasteiger partial charge in [0.1, 0.15) is 4.90 Å². The quantitative estimate of drug-likeness (QED) is 0.917. The first kappa shape index (κ1) is 13.6. The van der Waals surface area contributed by atoms with Crippen LogP contribution in [0.15, 0.2) is 17.0 Å².